The molecule has 2 heteroatoms. The molecule has 1 aliphatic rings. The zero-order valence-electron chi connectivity index (χ0n) is 11.9. The molecule has 1 N–H and O–H groups in total. The van der Waals surface area contributed by atoms with Gasteiger partial charge in [0.2, 0.25) is 0 Å². The first-order valence-electron chi connectivity index (χ1n) is 7.42. The summed E-state index contributed by atoms with van der Waals surface area (Å²) in [5, 5.41) is 10.4. The SMILES string of the molecule is Cc1ccc(C(O)CC2CCCc3ccccc32)cn1. The molecule has 2 atom stereocenters. The Morgan fingerprint density at radius 3 is 2.90 bits per heavy atom. The maximum Gasteiger partial charge on any atom is 0.0810 e. The molecule has 0 radical (unpaired) electrons. The number of aryl methyl sites for hydroxylation is 2. The van der Waals surface area contributed by atoms with Gasteiger partial charge in [0.1, 0.15) is 0 Å². The Morgan fingerprint density at radius 1 is 1.25 bits per heavy atom. The molecule has 0 aliphatic heterocycles. The van der Waals surface area contributed by atoms with Gasteiger partial charge in [-0.05, 0) is 61.3 Å². The molecule has 0 bridgehead atoms. The zero-order chi connectivity index (χ0) is 13.9. The van der Waals surface area contributed by atoms with Gasteiger partial charge in [-0.15, -0.1) is 0 Å². The van der Waals surface area contributed by atoms with E-state index in [0.29, 0.717) is 5.92 Å². The highest BCUT2D eigenvalue weighted by molar-refractivity contribution is 5.33. The van der Waals surface area contributed by atoms with Crippen molar-refractivity contribution in [1.29, 1.82) is 0 Å². The van der Waals surface area contributed by atoms with Crippen LogP contribution >= 0.6 is 0 Å². The second kappa shape index (κ2) is 5.76. The summed E-state index contributed by atoms with van der Waals surface area (Å²) in [7, 11) is 0. The van der Waals surface area contributed by atoms with Gasteiger partial charge in [0.05, 0.1) is 6.10 Å². The highest BCUT2D eigenvalue weighted by Gasteiger charge is 2.23. The molecule has 1 aromatic heterocycles. The molecule has 0 fully saturated rings. The molecule has 20 heavy (non-hydrogen) atoms. The first-order chi connectivity index (χ1) is 9.74. The lowest BCUT2D eigenvalue weighted by atomic mass is 9.79. The highest BCUT2D eigenvalue weighted by atomic mass is 16.3. The molecule has 1 aromatic carbocycles. The fourth-order valence-electron chi connectivity index (χ4n) is 3.18. The zero-order valence-corrected chi connectivity index (χ0v) is 11.9. The molecule has 2 unspecified atom stereocenters. The number of rotatable bonds is 3. The molecule has 0 spiro atoms. The van der Waals surface area contributed by atoms with Gasteiger partial charge in [-0.1, -0.05) is 30.3 Å². The van der Waals surface area contributed by atoms with Crippen molar-refractivity contribution >= 4 is 0 Å². The van der Waals surface area contributed by atoms with Crippen LogP contribution in [0, 0.1) is 6.92 Å². The van der Waals surface area contributed by atoms with E-state index in [0.717, 1.165) is 17.7 Å². The number of benzene rings is 1. The number of hydrogen-bond acceptors (Lipinski definition) is 2. The Morgan fingerprint density at radius 2 is 2.10 bits per heavy atom. The standard InChI is InChI=1S/C18H21NO/c1-13-9-10-16(12-19-13)18(20)11-15-7-4-6-14-5-2-3-8-17(14)15/h2-3,5,8-10,12,15,18,20H,4,6-7,11H2,1H3. The largest absolute Gasteiger partial charge is 0.388 e. The number of fused-ring (bicyclic) bond motifs is 1. The summed E-state index contributed by atoms with van der Waals surface area (Å²) in [4.78, 5) is 4.28. The second-order valence-corrected chi connectivity index (χ2v) is 5.77. The normalized spacial score (nSPS) is 19.4. The van der Waals surface area contributed by atoms with Gasteiger partial charge in [0.15, 0.2) is 0 Å². The molecule has 2 aromatic rings. The number of aromatic nitrogens is 1. The third-order valence-corrected chi connectivity index (χ3v) is 4.32. The fraction of sp³-hybridized carbons (Fsp3) is 0.389. The predicted octanol–water partition coefficient (Wildman–Crippen LogP) is 3.93. The van der Waals surface area contributed by atoms with E-state index < -0.39 is 6.10 Å². The first-order valence-corrected chi connectivity index (χ1v) is 7.42. The number of aliphatic hydroxyl groups is 1. The highest BCUT2D eigenvalue weighted by Crippen LogP contribution is 2.37. The van der Waals surface area contributed by atoms with Crippen molar-refractivity contribution in [2.24, 2.45) is 0 Å². The number of pyridine rings is 1. The number of nitrogens with zero attached hydrogens (tertiary/aromatic N) is 1. The summed E-state index contributed by atoms with van der Waals surface area (Å²) in [6, 6.07) is 12.6. The summed E-state index contributed by atoms with van der Waals surface area (Å²) in [6.07, 6.45) is 5.75. The minimum absolute atomic E-state index is 0.417. The Bertz CT molecular complexity index is 576. The van der Waals surface area contributed by atoms with Crippen molar-refractivity contribution in [2.75, 3.05) is 0 Å². The van der Waals surface area contributed by atoms with Crippen LogP contribution in [0.1, 0.15) is 53.7 Å². The molecule has 1 heterocycles. The Balaban J connectivity index is 1.77. The molecule has 104 valence electrons. The topological polar surface area (TPSA) is 33.1 Å². The summed E-state index contributed by atoms with van der Waals surface area (Å²) in [5.41, 5.74) is 4.80. The van der Waals surface area contributed by atoms with E-state index in [1.54, 1.807) is 6.20 Å². The second-order valence-electron chi connectivity index (χ2n) is 5.77. The maximum atomic E-state index is 10.4. The molecule has 0 saturated heterocycles. The average Bonchev–Trinajstić information content (AvgIpc) is 2.48. The van der Waals surface area contributed by atoms with Gasteiger partial charge in [-0.2, -0.15) is 0 Å². The van der Waals surface area contributed by atoms with Crippen molar-refractivity contribution in [1.82, 2.24) is 4.98 Å². The Labute approximate surface area is 120 Å². The van der Waals surface area contributed by atoms with E-state index >= 15 is 0 Å². The van der Waals surface area contributed by atoms with Crippen molar-refractivity contribution in [3.05, 3.63) is 65.0 Å². The van der Waals surface area contributed by atoms with Gasteiger partial charge in [0.25, 0.3) is 0 Å². The van der Waals surface area contributed by atoms with Crippen LogP contribution in [0.5, 0.6) is 0 Å². The minimum atomic E-state index is -0.417. The molecule has 0 amide bonds. The molecular formula is C18H21NO. The molecule has 0 saturated carbocycles. The van der Waals surface area contributed by atoms with Crippen molar-refractivity contribution in [3.63, 3.8) is 0 Å². The Kier molecular flexibility index (Phi) is 3.83. The van der Waals surface area contributed by atoms with Crippen LogP contribution < -0.4 is 0 Å². The first kappa shape index (κ1) is 13.3. The third-order valence-electron chi connectivity index (χ3n) is 4.32. The number of hydrogen-bond donors (Lipinski definition) is 1. The molecule has 1 aliphatic carbocycles. The van der Waals surface area contributed by atoms with E-state index in [1.807, 2.05) is 19.1 Å². The van der Waals surface area contributed by atoms with E-state index in [9.17, 15) is 5.11 Å². The van der Waals surface area contributed by atoms with E-state index in [2.05, 4.69) is 29.2 Å². The molecule has 2 nitrogen and oxygen atoms in total. The van der Waals surface area contributed by atoms with Gasteiger partial charge in [0, 0.05) is 11.9 Å². The van der Waals surface area contributed by atoms with Crippen LogP contribution in [0.4, 0.5) is 0 Å². The van der Waals surface area contributed by atoms with Crippen molar-refractivity contribution in [3.8, 4) is 0 Å². The Hall–Kier alpha value is -1.67. The summed E-state index contributed by atoms with van der Waals surface area (Å²) in [5.74, 6) is 0.469. The van der Waals surface area contributed by atoms with Crippen molar-refractivity contribution < 1.29 is 5.11 Å². The summed E-state index contributed by atoms with van der Waals surface area (Å²) >= 11 is 0. The summed E-state index contributed by atoms with van der Waals surface area (Å²) in [6.45, 7) is 1.97. The van der Waals surface area contributed by atoms with Crippen molar-refractivity contribution in [2.45, 2.75) is 44.6 Å². The minimum Gasteiger partial charge on any atom is -0.388 e. The van der Waals surface area contributed by atoms with Gasteiger partial charge >= 0.3 is 0 Å². The average molecular weight is 267 g/mol. The van der Waals surface area contributed by atoms with Crippen LogP contribution in [0.25, 0.3) is 0 Å². The van der Waals surface area contributed by atoms with E-state index in [4.69, 9.17) is 0 Å². The smallest absolute Gasteiger partial charge is 0.0810 e. The van der Waals surface area contributed by atoms with Crippen LogP contribution in [-0.2, 0) is 6.42 Å². The van der Waals surface area contributed by atoms with Crippen LogP contribution in [0.3, 0.4) is 0 Å². The summed E-state index contributed by atoms with van der Waals surface area (Å²) < 4.78 is 0. The fourth-order valence-corrected chi connectivity index (χ4v) is 3.18. The van der Waals surface area contributed by atoms with E-state index in [1.165, 1.54) is 30.4 Å². The van der Waals surface area contributed by atoms with Gasteiger partial charge in [-0.25, -0.2) is 0 Å². The lowest BCUT2D eigenvalue weighted by molar-refractivity contribution is 0.153. The van der Waals surface area contributed by atoms with Gasteiger partial charge < -0.3 is 5.11 Å². The lowest BCUT2D eigenvalue weighted by Crippen LogP contribution is -2.13. The quantitative estimate of drug-likeness (QED) is 0.914. The maximum absolute atomic E-state index is 10.4. The molecule has 3 rings (SSSR count). The van der Waals surface area contributed by atoms with E-state index in [-0.39, 0.29) is 0 Å². The molecular weight excluding hydrogens is 246 g/mol. The lowest BCUT2D eigenvalue weighted by Gasteiger charge is -2.27. The van der Waals surface area contributed by atoms with Gasteiger partial charge in [-0.3, -0.25) is 4.98 Å². The number of aliphatic hydroxyl groups excluding tert-OH is 1. The monoisotopic (exact) mass is 267 g/mol. The van der Waals surface area contributed by atoms with Crippen LogP contribution in [0.15, 0.2) is 42.6 Å². The van der Waals surface area contributed by atoms with Crippen LogP contribution in [0.2, 0.25) is 0 Å². The van der Waals surface area contributed by atoms with Crippen LogP contribution in [-0.4, -0.2) is 10.1 Å². The third kappa shape index (κ3) is 2.75. The predicted molar refractivity (Wildman–Crippen MR) is 80.7 cm³/mol.